The van der Waals surface area contributed by atoms with Gasteiger partial charge in [0.2, 0.25) is 0 Å². The Kier molecular flexibility index (Phi) is 2.78. The molecule has 0 aromatic carbocycles. The van der Waals surface area contributed by atoms with Crippen molar-refractivity contribution in [2.45, 2.75) is 0 Å². The summed E-state index contributed by atoms with van der Waals surface area (Å²) in [7, 11) is 0. The lowest BCUT2D eigenvalue weighted by atomic mass is 10.5. The van der Waals surface area contributed by atoms with Crippen LogP contribution in [0.15, 0.2) is 5.38 Å². The second-order valence-electron chi connectivity index (χ2n) is 1.70. The fourth-order valence-corrected chi connectivity index (χ4v) is 1.15. The van der Waals surface area contributed by atoms with Crippen LogP contribution in [0.3, 0.4) is 0 Å². The van der Waals surface area contributed by atoms with Crippen molar-refractivity contribution in [1.82, 2.24) is 4.98 Å². The molecule has 1 heterocycles. The molecule has 1 aromatic heterocycles. The van der Waals surface area contributed by atoms with Crippen LogP contribution in [0, 0.1) is 11.8 Å². The highest BCUT2D eigenvalue weighted by Gasteiger charge is 1.95. The topological polar surface area (TPSA) is 56.0 Å². The van der Waals surface area contributed by atoms with E-state index in [1.54, 1.807) is 5.38 Å². The molecule has 1 rings (SSSR count). The first kappa shape index (κ1) is 7.92. The van der Waals surface area contributed by atoms with Crippen LogP contribution in [0.25, 0.3) is 0 Å². The normalized spacial score (nSPS) is 8.45. The van der Waals surface area contributed by atoms with Gasteiger partial charge in [-0.3, -0.25) is 4.79 Å². The van der Waals surface area contributed by atoms with Crippen LogP contribution in [-0.4, -0.2) is 17.8 Å². The highest BCUT2D eigenvalue weighted by molar-refractivity contribution is 7.10. The number of aromatic nitrogens is 1. The zero-order chi connectivity index (χ0) is 8.10. The standard InChI is InChI=1S/C7H6N2OS/c8-3-1-2-7-9-6(4-10)5-11-7/h4-5H,3,8H2. The van der Waals surface area contributed by atoms with E-state index in [1.807, 2.05) is 0 Å². The molecule has 0 fully saturated rings. The minimum absolute atomic E-state index is 0.315. The molecule has 56 valence electrons. The van der Waals surface area contributed by atoms with Gasteiger partial charge in [0.25, 0.3) is 0 Å². The third kappa shape index (κ3) is 2.15. The molecule has 0 aliphatic rings. The van der Waals surface area contributed by atoms with Gasteiger partial charge in [-0.05, 0) is 5.92 Å². The van der Waals surface area contributed by atoms with E-state index in [4.69, 9.17) is 5.73 Å². The second kappa shape index (κ2) is 3.86. The molecule has 0 aliphatic carbocycles. The number of aldehydes is 1. The Labute approximate surface area is 68.3 Å². The van der Waals surface area contributed by atoms with Crippen molar-refractivity contribution in [1.29, 1.82) is 0 Å². The van der Waals surface area contributed by atoms with Gasteiger partial charge in [-0.2, -0.15) is 0 Å². The van der Waals surface area contributed by atoms with Crippen LogP contribution in [0.2, 0.25) is 0 Å². The minimum atomic E-state index is 0.315. The summed E-state index contributed by atoms with van der Waals surface area (Å²) in [4.78, 5) is 14.1. The van der Waals surface area contributed by atoms with Gasteiger partial charge in [0, 0.05) is 5.38 Å². The summed E-state index contributed by atoms with van der Waals surface area (Å²) in [5.74, 6) is 5.38. The van der Waals surface area contributed by atoms with E-state index in [-0.39, 0.29) is 0 Å². The summed E-state index contributed by atoms with van der Waals surface area (Å²) >= 11 is 1.34. The molecule has 0 radical (unpaired) electrons. The maximum Gasteiger partial charge on any atom is 0.169 e. The number of nitrogens with two attached hydrogens (primary N) is 1. The van der Waals surface area contributed by atoms with E-state index in [2.05, 4.69) is 16.8 Å². The number of hydrogen-bond donors (Lipinski definition) is 1. The molecule has 0 aliphatic heterocycles. The van der Waals surface area contributed by atoms with Gasteiger partial charge in [0.1, 0.15) is 5.69 Å². The van der Waals surface area contributed by atoms with Gasteiger partial charge in [-0.15, -0.1) is 11.3 Å². The van der Waals surface area contributed by atoms with Gasteiger partial charge in [-0.25, -0.2) is 4.98 Å². The molecule has 1 aromatic rings. The molecule has 0 saturated carbocycles. The second-order valence-corrected chi connectivity index (χ2v) is 2.56. The number of hydrogen-bond acceptors (Lipinski definition) is 4. The molecule has 0 unspecified atom stereocenters. The van der Waals surface area contributed by atoms with E-state index >= 15 is 0 Å². The Morgan fingerprint density at radius 3 is 3.18 bits per heavy atom. The third-order valence-corrected chi connectivity index (χ3v) is 1.72. The maximum atomic E-state index is 10.2. The van der Waals surface area contributed by atoms with Crippen LogP contribution >= 0.6 is 11.3 Å². The first-order valence-electron chi connectivity index (χ1n) is 2.96. The summed E-state index contributed by atoms with van der Waals surface area (Å²) in [6.07, 6.45) is 0.699. The Hall–Kier alpha value is -1.18. The van der Waals surface area contributed by atoms with Gasteiger partial charge < -0.3 is 5.73 Å². The maximum absolute atomic E-state index is 10.2. The zero-order valence-electron chi connectivity index (χ0n) is 5.70. The summed E-state index contributed by atoms with van der Waals surface area (Å²) < 4.78 is 0. The third-order valence-electron chi connectivity index (χ3n) is 0.940. The lowest BCUT2D eigenvalue weighted by molar-refractivity contribution is 0.111. The van der Waals surface area contributed by atoms with Crippen LogP contribution in [0.4, 0.5) is 0 Å². The average molecular weight is 166 g/mol. The van der Waals surface area contributed by atoms with Gasteiger partial charge in [-0.1, -0.05) is 5.92 Å². The molecule has 0 amide bonds. The van der Waals surface area contributed by atoms with E-state index in [1.165, 1.54) is 11.3 Å². The summed E-state index contributed by atoms with van der Waals surface area (Å²) in [6.45, 7) is 0.315. The Morgan fingerprint density at radius 2 is 2.64 bits per heavy atom. The molecular formula is C7H6N2OS. The van der Waals surface area contributed by atoms with Crippen molar-refractivity contribution in [3.63, 3.8) is 0 Å². The Bertz CT molecular complexity index is 308. The Balaban J connectivity index is 2.80. The molecule has 0 bridgehead atoms. The van der Waals surface area contributed by atoms with Crippen LogP contribution < -0.4 is 5.73 Å². The van der Waals surface area contributed by atoms with Gasteiger partial charge in [0.15, 0.2) is 11.3 Å². The summed E-state index contributed by atoms with van der Waals surface area (Å²) in [6, 6.07) is 0. The van der Waals surface area contributed by atoms with Crippen molar-refractivity contribution >= 4 is 17.6 Å². The summed E-state index contributed by atoms with van der Waals surface area (Å²) in [5, 5.41) is 2.30. The lowest BCUT2D eigenvalue weighted by Gasteiger charge is -1.74. The molecule has 3 nitrogen and oxygen atoms in total. The van der Waals surface area contributed by atoms with E-state index in [9.17, 15) is 4.79 Å². The van der Waals surface area contributed by atoms with E-state index < -0.39 is 0 Å². The van der Waals surface area contributed by atoms with Crippen molar-refractivity contribution < 1.29 is 4.79 Å². The number of carbonyl (C=O) groups excluding carboxylic acids is 1. The number of rotatable bonds is 1. The predicted molar refractivity (Wildman–Crippen MR) is 43.4 cm³/mol. The minimum Gasteiger partial charge on any atom is -0.320 e. The largest absolute Gasteiger partial charge is 0.320 e. The lowest BCUT2D eigenvalue weighted by Crippen LogP contribution is -1.92. The van der Waals surface area contributed by atoms with Crippen LogP contribution in [0.5, 0.6) is 0 Å². The molecule has 0 atom stereocenters. The summed E-state index contributed by atoms with van der Waals surface area (Å²) in [5.41, 5.74) is 5.58. The van der Waals surface area contributed by atoms with Gasteiger partial charge >= 0.3 is 0 Å². The van der Waals surface area contributed by atoms with Crippen LogP contribution in [-0.2, 0) is 0 Å². The van der Waals surface area contributed by atoms with Crippen molar-refractivity contribution in [2.24, 2.45) is 5.73 Å². The smallest absolute Gasteiger partial charge is 0.169 e. The van der Waals surface area contributed by atoms with Gasteiger partial charge in [0.05, 0.1) is 6.54 Å². The SMILES string of the molecule is NCC#Cc1nc(C=O)cs1. The first-order chi connectivity index (χ1) is 5.36. The zero-order valence-corrected chi connectivity index (χ0v) is 6.52. The van der Waals surface area contributed by atoms with Crippen LogP contribution in [0.1, 0.15) is 15.5 Å². The Morgan fingerprint density at radius 1 is 1.82 bits per heavy atom. The molecule has 2 N–H and O–H groups in total. The predicted octanol–water partition coefficient (Wildman–Crippen LogP) is 0.266. The average Bonchev–Trinajstić information content (AvgIpc) is 2.48. The molecule has 11 heavy (non-hydrogen) atoms. The molecule has 4 heteroatoms. The highest BCUT2D eigenvalue weighted by atomic mass is 32.1. The monoisotopic (exact) mass is 166 g/mol. The van der Waals surface area contributed by atoms with Crippen molar-refractivity contribution in [2.75, 3.05) is 6.54 Å². The molecule has 0 spiro atoms. The quantitative estimate of drug-likeness (QED) is 0.481. The fraction of sp³-hybridized carbons (Fsp3) is 0.143. The number of carbonyl (C=O) groups is 1. The molecule has 0 saturated heterocycles. The van der Waals surface area contributed by atoms with E-state index in [0.29, 0.717) is 23.5 Å². The van der Waals surface area contributed by atoms with E-state index in [0.717, 1.165) is 0 Å². The fourth-order valence-electron chi connectivity index (χ4n) is 0.524. The molecular weight excluding hydrogens is 160 g/mol. The number of nitrogens with zero attached hydrogens (tertiary/aromatic N) is 1. The first-order valence-corrected chi connectivity index (χ1v) is 3.84. The van der Waals surface area contributed by atoms with Crippen molar-refractivity contribution in [3.05, 3.63) is 16.1 Å². The highest BCUT2D eigenvalue weighted by Crippen LogP contribution is 2.05. The van der Waals surface area contributed by atoms with Crippen molar-refractivity contribution in [3.8, 4) is 11.8 Å². The number of thiazole rings is 1.